The van der Waals surface area contributed by atoms with Crippen LogP contribution < -0.4 is 5.32 Å². The van der Waals surface area contributed by atoms with Crippen molar-refractivity contribution in [2.24, 2.45) is 11.8 Å². The lowest BCUT2D eigenvalue weighted by Gasteiger charge is -2.20. The Hall–Kier alpha value is -0.770. The molecule has 0 radical (unpaired) electrons. The highest BCUT2D eigenvalue weighted by molar-refractivity contribution is 6.35. The Kier molecular flexibility index (Phi) is 6.54. The predicted octanol–water partition coefficient (Wildman–Crippen LogP) is 3.84. The van der Waals surface area contributed by atoms with Gasteiger partial charge in [0.25, 0.3) is 0 Å². The molecule has 1 amide bonds. The van der Waals surface area contributed by atoms with Crippen LogP contribution >= 0.6 is 23.2 Å². The number of aliphatic hydroxyl groups is 1. The van der Waals surface area contributed by atoms with E-state index in [4.69, 9.17) is 23.2 Å². The van der Waals surface area contributed by atoms with Crippen LogP contribution in [0.5, 0.6) is 0 Å². The smallest absolute Gasteiger partial charge is 0.223 e. The van der Waals surface area contributed by atoms with Gasteiger partial charge in [-0.2, -0.15) is 0 Å². The molecule has 0 heterocycles. The minimum Gasteiger partial charge on any atom is -0.391 e. The number of amides is 1. The zero-order valence-corrected chi connectivity index (χ0v) is 14.3. The molecule has 2 atom stereocenters. The second-order valence-electron chi connectivity index (χ2n) is 6.20. The van der Waals surface area contributed by atoms with Crippen LogP contribution in [0.2, 0.25) is 10.0 Å². The number of rotatable bonds is 6. The van der Waals surface area contributed by atoms with Crippen LogP contribution in [-0.2, 0) is 11.2 Å². The molecule has 1 aromatic carbocycles. The average Bonchev–Trinajstić information content (AvgIpc) is 3.01. The zero-order valence-electron chi connectivity index (χ0n) is 12.8. The number of benzene rings is 1. The van der Waals surface area contributed by atoms with Gasteiger partial charge in [-0.05, 0) is 42.9 Å². The van der Waals surface area contributed by atoms with Crippen molar-refractivity contribution in [1.29, 1.82) is 0 Å². The van der Waals surface area contributed by atoms with E-state index in [0.29, 0.717) is 28.9 Å². The molecule has 1 fully saturated rings. The van der Waals surface area contributed by atoms with Crippen LogP contribution in [0.25, 0.3) is 0 Å². The zero-order chi connectivity index (χ0) is 16.1. The minimum atomic E-state index is -0.433. The van der Waals surface area contributed by atoms with E-state index in [0.717, 1.165) is 18.4 Å². The molecule has 0 saturated heterocycles. The first-order chi connectivity index (χ1) is 10.5. The fraction of sp³-hybridized carbons (Fsp3) is 0.588. The van der Waals surface area contributed by atoms with Crippen molar-refractivity contribution in [3.63, 3.8) is 0 Å². The van der Waals surface area contributed by atoms with Crippen LogP contribution in [0.1, 0.15) is 38.2 Å². The van der Waals surface area contributed by atoms with Crippen LogP contribution in [0, 0.1) is 11.8 Å². The maximum absolute atomic E-state index is 12.2. The molecule has 1 aliphatic carbocycles. The summed E-state index contributed by atoms with van der Waals surface area (Å²) in [5.74, 6) is 0.0823. The summed E-state index contributed by atoms with van der Waals surface area (Å²) in [6.07, 6.45) is 4.61. The van der Waals surface area contributed by atoms with Gasteiger partial charge in [0.1, 0.15) is 0 Å². The predicted molar refractivity (Wildman–Crippen MR) is 90.3 cm³/mol. The Morgan fingerprint density at radius 3 is 2.68 bits per heavy atom. The summed E-state index contributed by atoms with van der Waals surface area (Å²) in [4.78, 5) is 12.2. The van der Waals surface area contributed by atoms with Crippen LogP contribution in [0.15, 0.2) is 18.2 Å². The average molecular weight is 344 g/mol. The molecule has 1 aromatic rings. The van der Waals surface area contributed by atoms with E-state index in [1.165, 1.54) is 12.8 Å². The quantitative estimate of drug-likeness (QED) is 0.824. The van der Waals surface area contributed by atoms with E-state index in [-0.39, 0.29) is 11.8 Å². The molecule has 122 valence electrons. The van der Waals surface area contributed by atoms with Gasteiger partial charge in [0.05, 0.1) is 6.10 Å². The van der Waals surface area contributed by atoms with Gasteiger partial charge < -0.3 is 10.4 Å². The highest BCUT2D eigenvalue weighted by Gasteiger charge is 2.24. The Labute approximate surface area is 142 Å². The number of hydrogen-bond donors (Lipinski definition) is 2. The Morgan fingerprint density at radius 2 is 2.05 bits per heavy atom. The van der Waals surface area contributed by atoms with Gasteiger partial charge in [-0.3, -0.25) is 4.79 Å². The summed E-state index contributed by atoms with van der Waals surface area (Å²) >= 11 is 12.0. The molecule has 1 saturated carbocycles. The highest BCUT2D eigenvalue weighted by atomic mass is 35.5. The molecule has 0 spiro atoms. The summed E-state index contributed by atoms with van der Waals surface area (Å²) in [6, 6.07) is 5.31. The lowest BCUT2D eigenvalue weighted by Crippen LogP contribution is -2.38. The first-order valence-corrected chi connectivity index (χ1v) is 8.62. The topological polar surface area (TPSA) is 49.3 Å². The minimum absolute atomic E-state index is 0.0527. The van der Waals surface area contributed by atoms with Crippen LogP contribution in [0.4, 0.5) is 0 Å². The number of hydrogen-bond acceptors (Lipinski definition) is 2. The lowest BCUT2D eigenvalue weighted by atomic mass is 9.99. The Balaban J connectivity index is 1.81. The standard InChI is InChI=1S/C17H23Cl2NO2/c1-11(8-13-6-7-14(18)9-15(13)19)17(22)20-10-16(21)12-4-2-3-5-12/h6-7,9,11-12,16,21H,2-5,8,10H2,1H3,(H,20,22). The summed E-state index contributed by atoms with van der Waals surface area (Å²) in [5, 5.41) is 14.1. The van der Waals surface area contributed by atoms with Gasteiger partial charge in [0.2, 0.25) is 5.91 Å². The maximum atomic E-state index is 12.2. The third-order valence-electron chi connectivity index (χ3n) is 4.42. The first-order valence-electron chi connectivity index (χ1n) is 7.87. The van der Waals surface area contributed by atoms with E-state index in [1.54, 1.807) is 12.1 Å². The van der Waals surface area contributed by atoms with Crippen molar-refractivity contribution in [3.05, 3.63) is 33.8 Å². The second-order valence-corrected chi connectivity index (χ2v) is 7.04. The summed E-state index contributed by atoms with van der Waals surface area (Å²) in [6.45, 7) is 2.20. The van der Waals surface area contributed by atoms with E-state index < -0.39 is 6.10 Å². The number of halogens is 2. The van der Waals surface area contributed by atoms with Crippen molar-refractivity contribution in [1.82, 2.24) is 5.32 Å². The van der Waals surface area contributed by atoms with Crippen LogP contribution in [-0.4, -0.2) is 23.7 Å². The van der Waals surface area contributed by atoms with Crippen molar-refractivity contribution in [2.75, 3.05) is 6.54 Å². The summed E-state index contributed by atoms with van der Waals surface area (Å²) in [7, 11) is 0. The molecule has 2 unspecified atom stereocenters. The normalized spacial score (nSPS) is 18.2. The number of aliphatic hydroxyl groups excluding tert-OH is 1. The fourth-order valence-electron chi connectivity index (χ4n) is 3.00. The van der Waals surface area contributed by atoms with Gasteiger partial charge >= 0.3 is 0 Å². The fourth-order valence-corrected chi connectivity index (χ4v) is 3.48. The van der Waals surface area contributed by atoms with E-state index in [1.807, 2.05) is 13.0 Å². The largest absolute Gasteiger partial charge is 0.391 e. The number of carbonyl (C=O) groups excluding carboxylic acids is 1. The monoisotopic (exact) mass is 343 g/mol. The Morgan fingerprint density at radius 1 is 1.36 bits per heavy atom. The van der Waals surface area contributed by atoms with Crippen LogP contribution in [0.3, 0.4) is 0 Å². The van der Waals surface area contributed by atoms with E-state index in [2.05, 4.69) is 5.32 Å². The molecule has 2 rings (SSSR count). The third kappa shape index (κ3) is 4.87. The maximum Gasteiger partial charge on any atom is 0.223 e. The summed E-state index contributed by atoms with van der Waals surface area (Å²) in [5.41, 5.74) is 0.907. The third-order valence-corrected chi connectivity index (χ3v) is 5.01. The van der Waals surface area contributed by atoms with Crippen molar-refractivity contribution in [2.45, 2.75) is 45.1 Å². The van der Waals surface area contributed by atoms with Gasteiger partial charge in [-0.25, -0.2) is 0 Å². The van der Waals surface area contributed by atoms with Crippen molar-refractivity contribution >= 4 is 29.1 Å². The molecule has 2 N–H and O–H groups in total. The van der Waals surface area contributed by atoms with Crippen molar-refractivity contribution in [3.8, 4) is 0 Å². The molecule has 0 bridgehead atoms. The van der Waals surface area contributed by atoms with Gasteiger partial charge in [0.15, 0.2) is 0 Å². The highest BCUT2D eigenvalue weighted by Crippen LogP contribution is 2.27. The lowest BCUT2D eigenvalue weighted by molar-refractivity contribution is -0.125. The molecule has 5 heteroatoms. The van der Waals surface area contributed by atoms with Crippen molar-refractivity contribution < 1.29 is 9.90 Å². The van der Waals surface area contributed by atoms with E-state index in [9.17, 15) is 9.90 Å². The molecule has 0 aromatic heterocycles. The van der Waals surface area contributed by atoms with Gasteiger partial charge in [-0.15, -0.1) is 0 Å². The molecule has 1 aliphatic rings. The van der Waals surface area contributed by atoms with Gasteiger partial charge in [0, 0.05) is 22.5 Å². The molecular weight excluding hydrogens is 321 g/mol. The van der Waals surface area contributed by atoms with Gasteiger partial charge in [-0.1, -0.05) is 49.0 Å². The SMILES string of the molecule is CC(Cc1ccc(Cl)cc1Cl)C(=O)NCC(O)C1CCCC1. The molecule has 22 heavy (non-hydrogen) atoms. The second kappa shape index (κ2) is 8.19. The number of nitrogens with one attached hydrogen (secondary N) is 1. The molecule has 0 aliphatic heterocycles. The molecule has 3 nitrogen and oxygen atoms in total. The first kappa shape index (κ1) is 17.6. The molecular formula is C17H23Cl2NO2. The number of carbonyl (C=O) groups is 1. The summed E-state index contributed by atoms with van der Waals surface area (Å²) < 4.78 is 0. The Bertz CT molecular complexity index is 515. The van der Waals surface area contributed by atoms with E-state index >= 15 is 0 Å².